The number of nitrogens with zero attached hydrogens (tertiary/aromatic N) is 1. The number of hydrogen-bond acceptors (Lipinski definition) is 5. The largest absolute Gasteiger partial charge is 0.313 e. The van der Waals surface area contributed by atoms with Gasteiger partial charge in [-0.15, -0.1) is 0 Å². The monoisotopic (exact) mass is 319 g/mol. The molecule has 0 unspecified atom stereocenters. The van der Waals surface area contributed by atoms with Gasteiger partial charge in [0.2, 0.25) is 10.0 Å². The van der Waals surface area contributed by atoms with Crippen molar-refractivity contribution in [3.8, 4) is 0 Å². The molecule has 0 atom stereocenters. The lowest BCUT2D eigenvalue weighted by atomic mass is 10.3. The van der Waals surface area contributed by atoms with Crippen molar-refractivity contribution in [3.63, 3.8) is 0 Å². The normalized spacial score (nSPS) is 15.2. The summed E-state index contributed by atoms with van der Waals surface area (Å²) in [6.07, 6.45) is 2.25. The van der Waals surface area contributed by atoms with Crippen molar-refractivity contribution in [1.29, 1.82) is 0 Å². The van der Waals surface area contributed by atoms with Gasteiger partial charge in [-0.25, -0.2) is 13.1 Å². The highest BCUT2D eigenvalue weighted by molar-refractivity contribution is 7.89. The molecule has 0 saturated heterocycles. The summed E-state index contributed by atoms with van der Waals surface area (Å²) in [5.74, 6) is 0. The molecule has 0 aliphatic heterocycles. The number of nitrogens with one attached hydrogen (secondary N) is 2. The minimum absolute atomic E-state index is 0.156. The van der Waals surface area contributed by atoms with Gasteiger partial charge < -0.3 is 5.32 Å². The van der Waals surface area contributed by atoms with E-state index in [1.807, 2.05) is 0 Å². The SMILES string of the molecule is O=[N+]([O-])c1ccc(S(=O)(=O)NCCNC2CC2)c(Cl)c1. The molecule has 0 bridgehead atoms. The van der Waals surface area contributed by atoms with E-state index in [2.05, 4.69) is 10.0 Å². The smallest absolute Gasteiger partial charge is 0.271 e. The lowest BCUT2D eigenvalue weighted by Gasteiger charge is -2.08. The van der Waals surface area contributed by atoms with E-state index in [1.165, 1.54) is 0 Å². The topological polar surface area (TPSA) is 101 Å². The molecular weight excluding hydrogens is 306 g/mol. The Balaban J connectivity index is 2.02. The maximum atomic E-state index is 12.0. The third kappa shape index (κ3) is 3.89. The average molecular weight is 320 g/mol. The molecule has 1 fully saturated rings. The van der Waals surface area contributed by atoms with Gasteiger partial charge in [0.05, 0.1) is 9.95 Å². The Morgan fingerprint density at radius 2 is 2.05 bits per heavy atom. The first-order valence-corrected chi connectivity index (χ1v) is 7.93. The third-order valence-corrected chi connectivity index (χ3v) is 4.79. The lowest BCUT2D eigenvalue weighted by molar-refractivity contribution is -0.384. The van der Waals surface area contributed by atoms with Crippen molar-refractivity contribution in [2.24, 2.45) is 0 Å². The summed E-state index contributed by atoms with van der Waals surface area (Å²) in [5.41, 5.74) is -0.246. The molecule has 1 aliphatic rings. The standard InChI is InChI=1S/C11H14ClN3O4S/c12-10-7-9(15(16)17)3-4-11(10)20(18,19)14-6-5-13-8-1-2-8/h3-4,7-8,13-14H,1-2,5-6H2. The zero-order chi connectivity index (χ0) is 14.8. The highest BCUT2D eigenvalue weighted by atomic mass is 35.5. The molecule has 1 aromatic carbocycles. The molecule has 1 saturated carbocycles. The van der Waals surface area contributed by atoms with Crippen LogP contribution in [-0.4, -0.2) is 32.5 Å². The molecule has 0 spiro atoms. The van der Waals surface area contributed by atoms with Gasteiger partial charge in [-0.05, 0) is 18.9 Å². The average Bonchev–Trinajstić information content (AvgIpc) is 3.18. The third-order valence-electron chi connectivity index (χ3n) is 2.84. The second kappa shape index (κ2) is 6.04. The Bertz CT molecular complexity index is 616. The van der Waals surface area contributed by atoms with Crippen LogP contribution in [0, 0.1) is 10.1 Å². The number of non-ortho nitro benzene ring substituents is 1. The van der Waals surface area contributed by atoms with Gasteiger partial charge in [0.15, 0.2) is 0 Å². The molecule has 2 rings (SSSR count). The highest BCUT2D eigenvalue weighted by Gasteiger charge is 2.22. The van der Waals surface area contributed by atoms with Crippen molar-refractivity contribution in [2.75, 3.05) is 13.1 Å². The van der Waals surface area contributed by atoms with Crippen molar-refractivity contribution in [1.82, 2.24) is 10.0 Å². The number of hydrogen-bond donors (Lipinski definition) is 2. The van der Waals surface area contributed by atoms with Crippen LogP contribution in [-0.2, 0) is 10.0 Å². The van der Waals surface area contributed by atoms with Gasteiger partial charge in [0, 0.05) is 31.3 Å². The minimum Gasteiger partial charge on any atom is -0.313 e. The van der Waals surface area contributed by atoms with Gasteiger partial charge in [-0.1, -0.05) is 11.6 Å². The summed E-state index contributed by atoms with van der Waals surface area (Å²) in [7, 11) is -3.76. The summed E-state index contributed by atoms with van der Waals surface area (Å²) < 4.78 is 26.4. The van der Waals surface area contributed by atoms with Crippen LogP contribution >= 0.6 is 11.6 Å². The molecule has 0 aromatic heterocycles. The first-order chi connectivity index (χ1) is 9.40. The fourth-order valence-electron chi connectivity index (χ4n) is 1.65. The van der Waals surface area contributed by atoms with Crippen LogP contribution in [0.3, 0.4) is 0 Å². The van der Waals surface area contributed by atoms with Crippen molar-refractivity contribution in [2.45, 2.75) is 23.8 Å². The van der Waals surface area contributed by atoms with E-state index < -0.39 is 14.9 Å². The predicted octanol–water partition coefficient (Wildman–Crippen LogP) is 1.28. The van der Waals surface area contributed by atoms with Crippen LogP contribution in [0.1, 0.15) is 12.8 Å². The summed E-state index contributed by atoms with van der Waals surface area (Å²) in [4.78, 5) is 9.78. The van der Waals surface area contributed by atoms with Crippen LogP contribution in [0.5, 0.6) is 0 Å². The summed E-state index contributed by atoms with van der Waals surface area (Å²) in [5, 5.41) is 13.6. The zero-order valence-corrected chi connectivity index (χ0v) is 12.1. The molecule has 20 heavy (non-hydrogen) atoms. The van der Waals surface area contributed by atoms with Crippen LogP contribution in [0.15, 0.2) is 23.1 Å². The number of rotatable bonds is 7. The zero-order valence-electron chi connectivity index (χ0n) is 10.5. The Morgan fingerprint density at radius 1 is 1.35 bits per heavy atom. The van der Waals surface area contributed by atoms with Gasteiger partial charge in [-0.3, -0.25) is 10.1 Å². The van der Waals surface area contributed by atoms with Gasteiger partial charge in [0.25, 0.3) is 5.69 Å². The first kappa shape index (κ1) is 15.2. The molecule has 1 aliphatic carbocycles. The number of halogens is 1. The van der Waals surface area contributed by atoms with E-state index in [0.29, 0.717) is 12.6 Å². The van der Waals surface area contributed by atoms with Crippen LogP contribution < -0.4 is 10.0 Å². The number of nitro benzene ring substituents is 1. The number of sulfonamides is 1. The Labute approximate surface area is 121 Å². The van der Waals surface area contributed by atoms with E-state index >= 15 is 0 Å². The minimum atomic E-state index is -3.76. The summed E-state index contributed by atoms with van der Waals surface area (Å²) in [6, 6.07) is 3.78. The molecule has 0 amide bonds. The Morgan fingerprint density at radius 3 is 2.60 bits per heavy atom. The van der Waals surface area contributed by atoms with E-state index in [4.69, 9.17) is 11.6 Å². The maximum Gasteiger partial charge on any atom is 0.271 e. The summed E-state index contributed by atoms with van der Waals surface area (Å²) in [6.45, 7) is 0.778. The highest BCUT2D eigenvalue weighted by Crippen LogP contribution is 2.25. The second-order valence-corrected chi connectivity index (χ2v) is 6.64. The van der Waals surface area contributed by atoms with E-state index in [1.54, 1.807) is 0 Å². The fraction of sp³-hybridized carbons (Fsp3) is 0.455. The van der Waals surface area contributed by atoms with Crippen molar-refractivity contribution < 1.29 is 13.3 Å². The molecule has 110 valence electrons. The molecule has 0 radical (unpaired) electrons. The quantitative estimate of drug-likeness (QED) is 0.448. The summed E-state index contributed by atoms with van der Waals surface area (Å²) >= 11 is 5.79. The lowest BCUT2D eigenvalue weighted by Crippen LogP contribution is -2.32. The van der Waals surface area contributed by atoms with Crippen LogP contribution in [0.25, 0.3) is 0 Å². The van der Waals surface area contributed by atoms with E-state index in [9.17, 15) is 18.5 Å². The maximum absolute atomic E-state index is 12.0. The molecule has 2 N–H and O–H groups in total. The van der Waals surface area contributed by atoms with Gasteiger partial charge in [0.1, 0.15) is 4.90 Å². The Kier molecular flexibility index (Phi) is 4.59. The van der Waals surface area contributed by atoms with Crippen molar-refractivity contribution in [3.05, 3.63) is 33.3 Å². The van der Waals surface area contributed by atoms with Crippen LogP contribution in [0.2, 0.25) is 5.02 Å². The first-order valence-electron chi connectivity index (χ1n) is 6.07. The molecule has 7 nitrogen and oxygen atoms in total. The molecule has 0 heterocycles. The number of benzene rings is 1. The van der Waals surface area contributed by atoms with Gasteiger partial charge in [-0.2, -0.15) is 0 Å². The van der Waals surface area contributed by atoms with Gasteiger partial charge >= 0.3 is 0 Å². The van der Waals surface area contributed by atoms with Crippen molar-refractivity contribution >= 4 is 27.3 Å². The molecule has 9 heteroatoms. The van der Waals surface area contributed by atoms with E-state index in [-0.39, 0.29) is 22.2 Å². The molecule has 1 aromatic rings. The second-order valence-electron chi connectivity index (χ2n) is 4.50. The van der Waals surface area contributed by atoms with E-state index in [0.717, 1.165) is 31.0 Å². The van der Waals surface area contributed by atoms with Crippen LogP contribution in [0.4, 0.5) is 5.69 Å². The predicted molar refractivity (Wildman–Crippen MR) is 74.3 cm³/mol. The number of nitro groups is 1. The fourth-order valence-corrected chi connectivity index (χ4v) is 3.22. The Hall–Kier alpha value is -1.22. The molecular formula is C11H14ClN3O4S.